The van der Waals surface area contributed by atoms with Crippen molar-refractivity contribution in [2.45, 2.75) is 32.0 Å². The number of amides is 1. The van der Waals surface area contributed by atoms with Gasteiger partial charge in [0.25, 0.3) is 11.5 Å². The fraction of sp³-hybridized carbons (Fsp3) is 0.538. The van der Waals surface area contributed by atoms with Crippen molar-refractivity contribution in [1.29, 1.82) is 0 Å². The van der Waals surface area contributed by atoms with E-state index in [4.69, 9.17) is 10.5 Å². The molecule has 104 valence electrons. The van der Waals surface area contributed by atoms with Crippen LogP contribution in [0.1, 0.15) is 18.4 Å². The zero-order valence-electron chi connectivity index (χ0n) is 11.2. The summed E-state index contributed by atoms with van der Waals surface area (Å²) in [6.07, 6.45) is 2.56. The average Bonchev–Trinajstić information content (AvgIpc) is 2.84. The van der Waals surface area contributed by atoms with Gasteiger partial charge < -0.3 is 20.4 Å². The van der Waals surface area contributed by atoms with E-state index in [0.29, 0.717) is 13.0 Å². The Morgan fingerprint density at radius 2 is 2.32 bits per heavy atom. The quantitative estimate of drug-likeness (QED) is 0.814. The van der Waals surface area contributed by atoms with Gasteiger partial charge in [0, 0.05) is 19.8 Å². The molecule has 1 fully saturated rings. The van der Waals surface area contributed by atoms with Crippen LogP contribution in [-0.4, -0.2) is 29.2 Å². The van der Waals surface area contributed by atoms with Gasteiger partial charge in [0.2, 0.25) is 0 Å². The molecule has 0 saturated carbocycles. The molecule has 0 spiro atoms. The van der Waals surface area contributed by atoms with E-state index in [2.05, 4.69) is 5.32 Å². The number of carbonyl (C=O) groups excluding carboxylic acids is 1. The minimum absolute atomic E-state index is 0.0592. The Kier molecular flexibility index (Phi) is 4.01. The zero-order chi connectivity index (χ0) is 14.0. The van der Waals surface area contributed by atoms with Crippen molar-refractivity contribution in [2.75, 3.05) is 11.9 Å². The molecule has 1 aliphatic heterocycles. The van der Waals surface area contributed by atoms with E-state index in [1.807, 2.05) is 6.92 Å². The molecule has 6 heteroatoms. The summed E-state index contributed by atoms with van der Waals surface area (Å²) < 4.78 is 6.95. The van der Waals surface area contributed by atoms with Gasteiger partial charge in [0.15, 0.2) is 0 Å². The molecule has 0 bridgehead atoms. The van der Waals surface area contributed by atoms with E-state index in [0.717, 1.165) is 12.0 Å². The van der Waals surface area contributed by atoms with Crippen LogP contribution in [0.5, 0.6) is 0 Å². The third-order valence-corrected chi connectivity index (χ3v) is 3.24. The third kappa shape index (κ3) is 3.02. The molecule has 1 saturated heterocycles. The number of carbonyl (C=O) groups is 1. The number of nitrogens with zero attached hydrogens (tertiary/aromatic N) is 1. The van der Waals surface area contributed by atoms with E-state index in [1.165, 1.54) is 4.57 Å². The largest absolute Gasteiger partial charge is 0.364 e. The molecule has 19 heavy (non-hydrogen) atoms. The first-order valence-corrected chi connectivity index (χ1v) is 6.35. The number of hydrogen-bond donors (Lipinski definition) is 2. The van der Waals surface area contributed by atoms with E-state index < -0.39 is 6.10 Å². The molecule has 0 aromatic carbocycles. The van der Waals surface area contributed by atoms with Gasteiger partial charge in [-0.2, -0.15) is 0 Å². The van der Waals surface area contributed by atoms with Gasteiger partial charge in [0.1, 0.15) is 11.8 Å². The SMILES string of the molecule is Cc1cc(NC(=O)[C@@H]2CC[C@H](CN)O2)c(=O)n(C)c1. The van der Waals surface area contributed by atoms with Crippen molar-refractivity contribution >= 4 is 11.6 Å². The average molecular weight is 265 g/mol. The summed E-state index contributed by atoms with van der Waals surface area (Å²) >= 11 is 0. The summed E-state index contributed by atoms with van der Waals surface area (Å²) in [6.45, 7) is 2.28. The first-order chi connectivity index (χ1) is 9.01. The van der Waals surface area contributed by atoms with Gasteiger partial charge in [-0.1, -0.05) is 0 Å². The maximum atomic E-state index is 12.0. The molecule has 0 aliphatic carbocycles. The van der Waals surface area contributed by atoms with Gasteiger partial charge in [0.05, 0.1) is 6.10 Å². The van der Waals surface area contributed by atoms with Crippen molar-refractivity contribution < 1.29 is 9.53 Å². The lowest BCUT2D eigenvalue weighted by Crippen LogP contribution is -2.32. The summed E-state index contributed by atoms with van der Waals surface area (Å²) in [5.41, 5.74) is 6.46. The minimum atomic E-state index is -0.515. The van der Waals surface area contributed by atoms with E-state index in [9.17, 15) is 9.59 Å². The number of pyridine rings is 1. The first kappa shape index (κ1) is 13.8. The smallest absolute Gasteiger partial charge is 0.274 e. The second kappa shape index (κ2) is 5.54. The first-order valence-electron chi connectivity index (χ1n) is 6.35. The predicted octanol–water partition coefficient (Wildman–Crippen LogP) is 0.139. The number of nitrogens with two attached hydrogens (primary N) is 1. The van der Waals surface area contributed by atoms with Gasteiger partial charge in [-0.3, -0.25) is 9.59 Å². The van der Waals surface area contributed by atoms with Crippen LogP contribution < -0.4 is 16.6 Å². The summed E-state index contributed by atoms with van der Waals surface area (Å²) in [5.74, 6) is -0.279. The zero-order valence-corrected chi connectivity index (χ0v) is 11.2. The normalized spacial score (nSPS) is 22.5. The molecule has 2 heterocycles. The highest BCUT2D eigenvalue weighted by Crippen LogP contribution is 2.20. The number of hydrogen-bond acceptors (Lipinski definition) is 4. The van der Waals surface area contributed by atoms with Crippen LogP contribution in [0.2, 0.25) is 0 Å². The molecule has 2 rings (SSSR count). The second-order valence-electron chi connectivity index (χ2n) is 4.90. The second-order valence-corrected chi connectivity index (χ2v) is 4.90. The number of aryl methyl sites for hydroxylation is 2. The lowest BCUT2D eigenvalue weighted by atomic mass is 10.2. The highest BCUT2D eigenvalue weighted by molar-refractivity contribution is 5.94. The summed E-state index contributed by atoms with van der Waals surface area (Å²) in [5, 5.41) is 2.64. The number of anilines is 1. The lowest BCUT2D eigenvalue weighted by Gasteiger charge is -2.13. The molecule has 1 aromatic rings. The van der Waals surface area contributed by atoms with Gasteiger partial charge in [-0.15, -0.1) is 0 Å². The van der Waals surface area contributed by atoms with E-state index in [1.54, 1.807) is 19.3 Å². The topological polar surface area (TPSA) is 86.4 Å². The van der Waals surface area contributed by atoms with Crippen molar-refractivity contribution in [3.05, 3.63) is 28.2 Å². The molecular formula is C13H19N3O3. The lowest BCUT2D eigenvalue weighted by molar-refractivity contribution is -0.126. The van der Waals surface area contributed by atoms with Crippen LogP contribution in [0.25, 0.3) is 0 Å². The summed E-state index contributed by atoms with van der Waals surface area (Å²) in [6, 6.07) is 1.66. The minimum Gasteiger partial charge on any atom is -0.364 e. The Morgan fingerprint density at radius 3 is 2.95 bits per heavy atom. The third-order valence-electron chi connectivity index (χ3n) is 3.24. The van der Waals surface area contributed by atoms with Crippen LogP contribution in [0.4, 0.5) is 5.69 Å². The molecule has 3 N–H and O–H groups in total. The van der Waals surface area contributed by atoms with Crippen LogP contribution in [0.3, 0.4) is 0 Å². The number of rotatable bonds is 3. The maximum absolute atomic E-state index is 12.0. The Balaban J connectivity index is 2.10. The van der Waals surface area contributed by atoms with E-state index >= 15 is 0 Å². The van der Waals surface area contributed by atoms with Crippen molar-refractivity contribution in [2.24, 2.45) is 12.8 Å². The molecule has 6 nitrogen and oxygen atoms in total. The Hall–Kier alpha value is -1.66. The van der Waals surface area contributed by atoms with Crippen molar-refractivity contribution in [1.82, 2.24) is 4.57 Å². The fourth-order valence-electron chi connectivity index (χ4n) is 2.26. The van der Waals surface area contributed by atoms with E-state index in [-0.39, 0.29) is 23.3 Å². The molecule has 0 unspecified atom stereocenters. The summed E-state index contributed by atoms with van der Waals surface area (Å²) in [4.78, 5) is 23.9. The highest BCUT2D eigenvalue weighted by Gasteiger charge is 2.30. The molecule has 1 aromatic heterocycles. The molecule has 1 amide bonds. The monoisotopic (exact) mass is 265 g/mol. The van der Waals surface area contributed by atoms with Gasteiger partial charge in [-0.05, 0) is 31.4 Å². The maximum Gasteiger partial charge on any atom is 0.274 e. The number of ether oxygens (including phenoxy) is 1. The van der Waals surface area contributed by atoms with Crippen LogP contribution in [0, 0.1) is 6.92 Å². The van der Waals surface area contributed by atoms with Crippen molar-refractivity contribution in [3.63, 3.8) is 0 Å². The van der Waals surface area contributed by atoms with Crippen LogP contribution in [-0.2, 0) is 16.6 Å². The standard InChI is InChI=1S/C13H19N3O3/c1-8-5-10(13(18)16(2)7-8)15-12(17)11-4-3-9(6-14)19-11/h5,7,9,11H,3-4,6,14H2,1-2H3,(H,15,17)/t9-,11+/m1/s1. The van der Waals surface area contributed by atoms with Crippen molar-refractivity contribution in [3.8, 4) is 0 Å². The fourth-order valence-corrected chi connectivity index (χ4v) is 2.26. The molecule has 2 atom stereocenters. The molecule has 0 radical (unpaired) electrons. The summed E-state index contributed by atoms with van der Waals surface area (Å²) in [7, 11) is 1.65. The Labute approximate surface area is 111 Å². The Morgan fingerprint density at radius 1 is 1.58 bits per heavy atom. The van der Waals surface area contributed by atoms with Crippen LogP contribution in [0.15, 0.2) is 17.1 Å². The molecular weight excluding hydrogens is 246 g/mol. The Bertz CT molecular complexity index is 538. The highest BCUT2D eigenvalue weighted by atomic mass is 16.5. The number of aromatic nitrogens is 1. The molecule has 1 aliphatic rings. The van der Waals surface area contributed by atoms with Gasteiger partial charge >= 0.3 is 0 Å². The van der Waals surface area contributed by atoms with Gasteiger partial charge in [-0.25, -0.2) is 0 Å². The predicted molar refractivity (Wildman–Crippen MR) is 72.0 cm³/mol. The number of nitrogens with one attached hydrogen (secondary N) is 1. The van der Waals surface area contributed by atoms with Crippen LogP contribution >= 0.6 is 0 Å².